The van der Waals surface area contributed by atoms with Crippen LogP contribution in [-0.4, -0.2) is 48.3 Å². The second-order valence-corrected chi connectivity index (χ2v) is 12.2. The van der Waals surface area contributed by atoms with Crippen molar-refractivity contribution in [2.75, 3.05) is 36.6 Å². The molecule has 1 amide bonds. The number of fused-ring (bicyclic) bond motifs is 1. The van der Waals surface area contributed by atoms with Crippen LogP contribution >= 0.6 is 11.8 Å². The van der Waals surface area contributed by atoms with Crippen molar-refractivity contribution >= 4 is 40.3 Å². The van der Waals surface area contributed by atoms with E-state index in [0.717, 1.165) is 59.3 Å². The van der Waals surface area contributed by atoms with Gasteiger partial charge in [0.05, 0.1) is 5.52 Å². The van der Waals surface area contributed by atoms with E-state index in [4.69, 9.17) is 9.97 Å². The number of hydrogen-bond donors (Lipinski definition) is 2. The number of carbonyl (C=O) groups is 1. The van der Waals surface area contributed by atoms with Gasteiger partial charge in [0.2, 0.25) is 11.9 Å². The highest BCUT2D eigenvalue weighted by Gasteiger charge is 2.42. The molecule has 1 aromatic heterocycles. The number of aromatic nitrogens is 2. The van der Waals surface area contributed by atoms with E-state index < -0.39 is 4.75 Å². The summed E-state index contributed by atoms with van der Waals surface area (Å²) in [6.07, 6.45) is 4.16. The lowest BCUT2D eigenvalue weighted by molar-refractivity contribution is -0.122. The number of benzene rings is 3. The van der Waals surface area contributed by atoms with Gasteiger partial charge in [0.15, 0.2) is 0 Å². The normalized spacial score (nSPS) is 17.4. The summed E-state index contributed by atoms with van der Waals surface area (Å²) in [5.41, 5.74) is 2.99. The van der Waals surface area contributed by atoms with Crippen LogP contribution in [0.15, 0.2) is 84.9 Å². The fourth-order valence-electron chi connectivity index (χ4n) is 5.74. The van der Waals surface area contributed by atoms with Gasteiger partial charge in [-0.1, -0.05) is 79.7 Å². The van der Waals surface area contributed by atoms with Crippen LogP contribution in [-0.2, 0) is 9.54 Å². The molecule has 5 rings (SSSR count). The zero-order valence-corrected chi connectivity index (χ0v) is 24.5. The van der Waals surface area contributed by atoms with E-state index in [2.05, 4.69) is 47.9 Å². The number of hydrogen-bond acceptors (Lipinski definition) is 6. The summed E-state index contributed by atoms with van der Waals surface area (Å²) < 4.78 is -0.770. The van der Waals surface area contributed by atoms with Gasteiger partial charge in [0.25, 0.3) is 0 Å². The van der Waals surface area contributed by atoms with Crippen molar-refractivity contribution in [1.29, 1.82) is 0 Å². The molecule has 0 spiro atoms. The molecule has 3 aromatic carbocycles. The third kappa shape index (κ3) is 5.94. The predicted molar refractivity (Wildman–Crippen MR) is 168 cm³/mol. The van der Waals surface area contributed by atoms with Gasteiger partial charge in [-0.3, -0.25) is 4.79 Å². The van der Waals surface area contributed by atoms with E-state index in [0.29, 0.717) is 24.5 Å². The second kappa shape index (κ2) is 12.7. The molecule has 1 saturated carbocycles. The molecular formula is C33H39N5OS. The van der Waals surface area contributed by atoms with Crippen molar-refractivity contribution in [3.63, 3.8) is 0 Å². The number of amides is 1. The fraction of sp³-hybridized carbons (Fsp3) is 0.364. The molecule has 1 heterocycles. The van der Waals surface area contributed by atoms with Gasteiger partial charge in [0.1, 0.15) is 10.6 Å². The van der Waals surface area contributed by atoms with Gasteiger partial charge in [-0.05, 0) is 60.6 Å². The summed E-state index contributed by atoms with van der Waals surface area (Å²) in [6.45, 7) is 2.81. The summed E-state index contributed by atoms with van der Waals surface area (Å²) in [7, 11) is 4.03. The van der Waals surface area contributed by atoms with Gasteiger partial charge in [-0.25, -0.2) is 4.98 Å². The Hall–Kier alpha value is -3.58. The maximum absolute atomic E-state index is 14.0. The average Bonchev–Trinajstić information content (AvgIpc) is 3.00. The van der Waals surface area contributed by atoms with E-state index in [1.54, 1.807) is 11.8 Å². The van der Waals surface area contributed by atoms with Gasteiger partial charge in [0, 0.05) is 32.1 Å². The quantitative estimate of drug-likeness (QED) is 0.234. The summed E-state index contributed by atoms with van der Waals surface area (Å²) >= 11 is 1.69. The molecule has 0 aliphatic heterocycles. The molecule has 0 atom stereocenters. The average molecular weight is 554 g/mol. The van der Waals surface area contributed by atoms with Crippen molar-refractivity contribution in [3.05, 3.63) is 96.1 Å². The molecular weight excluding hydrogens is 514 g/mol. The smallest absolute Gasteiger partial charge is 0.245 e. The fourth-order valence-corrected chi connectivity index (χ4v) is 6.99. The van der Waals surface area contributed by atoms with Gasteiger partial charge < -0.3 is 15.5 Å². The number of nitrogens with zero attached hydrogens (tertiary/aromatic N) is 3. The van der Waals surface area contributed by atoms with Gasteiger partial charge >= 0.3 is 0 Å². The van der Waals surface area contributed by atoms with Crippen LogP contribution in [0.5, 0.6) is 0 Å². The number of rotatable bonds is 10. The molecule has 6 nitrogen and oxygen atoms in total. The van der Waals surface area contributed by atoms with Crippen LogP contribution in [0.25, 0.3) is 10.9 Å². The molecule has 2 N–H and O–H groups in total. The first kappa shape index (κ1) is 28.0. The van der Waals surface area contributed by atoms with E-state index in [-0.39, 0.29) is 5.91 Å². The Balaban J connectivity index is 1.24. The first-order valence-corrected chi connectivity index (χ1v) is 15.2. The highest BCUT2D eigenvalue weighted by Crippen LogP contribution is 2.43. The molecule has 0 saturated heterocycles. The first-order valence-electron chi connectivity index (χ1n) is 14.2. The summed E-state index contributed by atoms with van der Waals surface area (Å²) in [6, 6.07) is 28.8. The van der Waals surface area contributed by atoms with Crippen molar-refractivity contribution < 1.29 is 4.79 Å². The highest BCUT2D eigenvalue weighted by molar-refractivity contribution is 8.01. The van der Waals surface area contributed by atoms with Crippen LogP contribution in [0.3, 0.4) is 0 Å². The summed E-state index contributed by atoms with van der Waals surface area (Å²) in [4.78, 5) is 25.7. The number of carbonyl (C=O) groups excluding carboxylic acids is 1. The molecule has 208 valence electrons. The van der Waals surface area contributed by atoms with E-state index in [9.17, 15) is 4.79 Å². The van der Waals surface area contributed by atoms with Gasteiger partial charge in [-0.2, -0.15) is 4.98 Å². The van der Waals surface area contributed by atoms with Crippen LogP contribution in [0.2, 0.25) is 0 Å². The van der Waals surface area contributed by atoms with E-state index in [1.807, 2.05) is 73.6 Å². The lowest BCUT2D eigenvalue weighted by Crippen LogP contribution is -2.45. The van der Waals surface area contributed by atoms with Crippen LogP contribution < -0.4 is 15.5 Å². The number of nitrogens with one attached hydrogen (secondary N) is 2. The maximum atomic E-state index is 14.0. The molecule has 0 radical (unpaired) electrons. The Morgan fingerprint density at radius 2 is 1.48 bits per heavy atom. The molecule has 1 aliphatic carbocycles. The van der Waals surface area contributed by atoms with E-state index >= 15 is 0 Å². The second-order valence-electron chi connectivity index (χ2n) is 10.7. The Morgan fingerprint density at radius 3 is 2.08 bits per heavy atom. The first-order chi connectivity index (χ1) is 19.5. The topological polar surface area (TPSA) is 70.2 Å². The Kier molecular flexibility index (Phi) is 8.90. The lowest BCUT2D eigenvalue weighted by Gasteiger charge is -2.34. The van der Waals surface area contributed by atoms with Crippen molar-refractivity contribution in [1.82, 2.24) is 15.3 Å². The molecule has 0 bridgehead atoms. The Labute approximate surface area is 242 Å². The SMILES string of the molecule is CCSC(C(=O)NCC1CCC(Nc2nc(N(C)C)c3ccccc3n2)CC1)(c1ccccc1)c1ccccc1. The zero-order valence-electron chi connectivity index (χ0n) is 23.6. The van der Waals surface area contributed by atoms with Crippen LogP contribution in [0.4, 0.5) is 11.8 Å². The predicted octanol–water partition coefficient (Wildman–Crippen LogP) is 6.48. The summed E-state index contributed by atoms with van der Waals surface area (Å²) in [5.74, 6) is 2.96. The maximum Gasteiger partial charge on any atom is 0.245 e. The molecule has 1 fully saturated rings. The van der Waals surface area contributed by atoms with Crippen LogP contribution in [0, 0.1) is 5.92 Å². The molecule has 7 heteroatoms. The molecule has 0 unspecified atom stereocenters. The zero-order chi connectivity index (χ0) is 28.0. The minimum Gasteiger partial charge on any atom is -0.362 e. The van der Waals surface area contributed by atoms with Gasteiger partial charge in [-0.15, -0.1) is 11.8 Å². The Morgan fingerprint density at radius 1 is 0.875 bits per heavy atom. The Bertz CT molecular complexity index is 1370. The molecule has 1 aliphatic rings. The third-order valence-corrected chi connectivity index (χ3v) is 9.16. The number of para-hydroxylation sites is 1. The monoisotopic (exact) mass is 553 g/mol. The molecule has 4 aromatic rings. The third-order valence-electron chi connectivity index (χ3n) is 7.78. The minimum absolute atomic E-state index is 0.0674. The number of thioether (sulfide) groups is 1. The summed E-state index contributed by atoms with van der Waals surface area (Å²) in [5, 5.41) is 8.02. The minimum atomic E-state index is -0.770. The highest BCUT2D eigenvalue weighted by atomic mass is 32.2. The van der Waals surface area contributed by atoms with E-state index in [1.165, 1.54) is 0 Å². The van der Waals surface area contributed by atoms with Crippen molar-refractivity contribution in [2.24, 2.45) is 5.92 Å². The standard InChI is InChI=1S/C33H39N5OS/c1-4-40-33(25-13-7-5-8-14-25,26-15-9-6-10-16-26)31(39)34-23-24-19-21-27(22-20-24)35-32-36-29-18-12-11-17-28(29)30(37-32)38(2)3/h5-18,24,27H,4,19-23H2,1-3H3,(H,34,39)(H,35,36,37). The number of anilines is 2. The van der Waals surface area contributed by atoms with Crippen LogP contribution in [0.1, 0.15) is 43.7 Å². The van der Waals surface area contributed by atoms with Crippen molar-refractivity contribution in [2.45, 2.75) is 43.4 Å². The molecule has 40 heavy (non-hydrogen) atoms. The van der Waals surface area contributed by atoms with Crippen molar-refractivity contribution in [3.8, 4) is 0 Å². The largest absolute Gasteiger partial charge is 0.362 e. The lowest BCUT2D eigenvalue weighted by atomic mass is 9.85.